The van der Waals surface area contributed by atoms with Crippen LogP contribution in [0.3, 0.4) is 0 Å². The fourth-order valence-corrected chi connectivity index (χ4v) is 4.78. The van der Waals surface area contributed by atoms with Gasteiger partial charge < -0.3 is 24.8 Å². The first-order valence-electron chi connectivity index (χ1n) is 11.7. The van der Waals surface area contributed by atoms with Crippen LogP contribution in [0.5, 0.6) is 0 Å². The molecule has 1 aromatic rings. The fourth-order valence-electron chi connectivity index (χ4n) is 4.78. The predicted octanol–water partition coefficient (Wildman–Crippen LogP) is 1.52. The number of amides is 1. The highest BCUT2D eigenvalue weighted by atomic mass is 16.5. The lowest BCUT2D eigenvalue weighted by Crippen LogP contribution is -2.43. The summed E-state index contributed by atoms with van der Waals surface area (Å²) in [6.07, 6.45) is 10.6. The van der Waals surface area contributed by atoms with Gasteiger partial charge in [0.2, 0.25) is 5.91 Å². The molecule has 0 radical (unpaired) electrons. The maximum Gasteiger partial charge on any atom is 0.223 e. The van der Waals surface area contributed by atoms with Gasteiger partial charge in [0.15, 0.2) is 5.82 Å². The van der Waals surface area contributed by atoms with Gasteiger partial charge in [-0.25, -0.2) is 9.97 Å². The van der Waals surface area contributed by atoms with Crippen LogP contribution in [0.2, 0.25) is 0 Å². The number of carbonyl (C=O) groups is 1. The van der Waals surface area contributed by atoms with Gasteiger partial charge in [-0.2, -0.15) is 0 Å². The molecule has 4 rings (SSSR count). The Morgan fingerprint density at radius 3 is 2.47 bits per heavy atom. The van der Waals surface area contributed by atoms with Crippen molar-refractivity contribution in [2.24, 2.45) is 5.92 Å². The standard InChI is InChI=1S/C22H36N6O2/c29-22(24-7-12-26-8-3-1-2-4-9-26)19-5-10-27(11-6-19)20-17-23-18-25-21(20)28-13-15-30-16-14-28/h17-19H,1-16H2,(H,24,29). The molecule has 1 aromatic heterocycles. The topological polar surface area (TPSA) is 73.8 Å². The highest BCUT2D eigenvalue weighted by Gasteiger charge is 2.28. The zero-order valence-corrected chi connectivity index (χ0v) is 18.1. The summed E-state index contributed by atoms with van der Waals surface area (Å²) in [5, 5.41) is 3.19. The molecule has 166 valence electrons. The summed E-state index contributed by atoms with van der Waals surface area (Å²) in [4.78, 5) is 28.6. The fraction of sp³-hybridized carbons (Fsp3) is 0.773. The molecule has 3 saturated heterocycles. The minimum Gasteiger partial charge on any atom is -0.378 e. The second kappa shape index (κ2) is 10.9. The minimum absolute atomic E-state index is 0.113. The molecule has 1 N–H and O–H groups in total. The van der Waals surface area contributed by atoms with Gasteiger partial charge in [-0.15, -0.1) is 0 Å². The number of piperidine rings is 1. The third kappa shape index (κ3) is 5.60. The summed E-state index contributed by atoms with van der Waals surface area (Å²) >= 11 is 0. The Kier molecular flexibility index (Phi) is 7.75. The molecule has 8 nitrogen and oxygen atoms in total. The molecule has 3 aliphatic rings. The van der Waals surface area contributed by atoms with Gasteiger partial charge in [-0.1, -0.05) is 12.8 Å². The van der Waals surface area contributed by atoms with E-state index in [0.717, 1.165) is 76.8 Å². The van der Waals surface area contributed by atoms with E-state index in [9.17, 15) is 4.79 Å². The van der Waals surface area contributed by atoms with E-state index >= 15 is 0 Å². The number of likely N-dealkylation sites (tertiary alicyclic amines) is 1. The number of ether oxygens (including phenoxy) is 1. The van der Waals surface area contributed by atoms with Crippen LogP contribution in [-0.2, 0) is 9.53 Å². The number of aromatic nitrogens is 2. The summed E-state index contributed by atoms with van der Waals surface area (Å²) in [7, 11) is 0. The Bertz CT molecular complexity index is 665. The third-order valence-corrected chi connectivity index (χ3v) is 6.62. The van der Waals surface area contributed by atoms with E-state index in [-0.39, 0.29) is 11.8 Å². The van der Waals surface area contributed by atoms with Gasteiger partial charge in [0.1, 0.15) is 6.33 Å². The van der Waals surface area contributed by atoms with Crippen molar-refractivity contribution in [2.45, 2.75) is 38.5 Å². The van der Waals surface area contributed by atoms with Crippen molar-refractivity contribution < 1.29 is 9.53 Å². The molecule has 3 fully saturated rings. The number of hydrogen-bond acceptors (Lipinski definition) is 7. The predicted molar refractivity (Wildman–Crippen MR) is 118 cm³/mol. The molecule has 0 saturated carbocycles. The minimum atomic E-state index is 0.113. The van der Waals surface area contributed by atoms with E-state index in [1.165, 1.54) is 38.8 Å². The first-order chi connectivity index (χ1) is 14.8. The summed E-state index contributed by atoms with van der Waals surface area (Å²) in [6.45, 7) is 9.05. The van der Waals surface area contributed by atoms with Crippen molar-refractivity contribution in [1.29, 1.82) is 0 Å². The van der Waals surface area contributed by atoms with E-state index < -0.39 is 0 Å². The van der Waals surface area contributed by atoms with Crippen LogP contribution >= 0.6 is 0 Å². The highest BCUT2D eigenvalue weighted by molar-refractivity contribution is 5.79. The van der Waals surface area contributed by atoms with E-state index in [1.54, 1.807) is 6.33 Å². The molecule has 0 unspecified atom stereocenters. The van der Waals surface area contributed by atoms with Gasteiger partial charge in [0.05, 0.1) is 25.1 Å². The monoisotopic (exact) mass is 416 g/mol. The molecule has 0 spiro atoms. The van der Waals surface area contributed by atoms with Gasteiger partial charge in [0, 0.05) is 45.2 Å². The molecule has 0 atom stereocenters. The quantitative estimate of drug-likeness (QED) is 0.754. The second-order valence-electron chi connectivity index (χ2n) is 8.64. The molecule has 30 heavy (non-hydrogen) atoms. The highest BCUT2D eigenvalue weighted by Crippen LogP contribution is 2.30. The molecule has 1 amide bonds. The van der Waals surface area contributed by atoms with Crippen LogP contribution in [0, 0.1) is 5.92 Å². The van der Waals surface area contributed by atoms with Crippen LogP contribution in [0.4, 0.5) is 11.5 Å². The molecule has 0 bridgehead atoms. The molecule has 4 heterocycles. The maximum atomic E-state index is 12.7. The lowest BCUT2D eigenvalue weighted by Gasteiger charge is -2.36. The molecule has 0 aromatic carbocycles. The molecule has 8 heteroatoms. The molecule has 0 aliphatic carbocycles. The van der Waals surface area contributed by atoms with Crippen molar-refractivity contribution in [2.75, 3.05) is 75.4 Å². The summed E-state index contributed by atoms with van der Waals surface area (Å²) in [5.74, 6) is 1.33. The number of nitrogens with zero attached hydrogens (tertiary/aromatic N) is 5. The van der Waals surface area contributed by atoms with Crippen LogP contribution in [-0.4, -0.2) is 86.3 Å². The second-order valence-corrected chi connectivity index (χ2v) is 8.64. The van der Waals surface area contributed by atoms with Gasteiger partial charge in [0.25, 0.3) is 0 Å². The lowest BCUT2D eigenvalue weighted by molar-refractivity contribution is -0.125. The third-order valence-electron chi connectivity index (χ3n) is 6.62. The Balaban J connectivity index is 1.24. The van der Waals surface area contributed by atoms with Gasteiger partial charge >= 0.3 is 0 Å². The number of rotatable bonds is 6. The van der Waals surface area contributed by atoms with Crippen molar-refractivity contribution in [1.82, 2.24) is 20.2 Å². The molecular weight excluding hydrogens is 380 g/mol. The van der Waals surface area contributed by atoms with E-state index in [4.69, 9.17) is 4.74 Å². The van der Waals surface area contributed by atoms with Crippen molar-refractivity contribution >= 4 is 17.4 Å². The van der Waals surface area contributed by atoms with E-state index in [2.05, 4.69) is 30.0 Å². The van der Waals surface area contributed by atoms with E-state index in [1.807, 2.05) is 6.20 Å². The largest absolute Gasteiger partial charge is 0.378 e. The zero-order chi connectivity index (χ0) is 20.6. The van der Waals surface area contributed by atoms with Crippen molar-refractivity contribution in [3.63, 3.8) is 0 Å². The van der Waals surface area contributed by atoms with Crippen LogP contribution < -0.4 is 15.1 Å². The number of hydrogen-bond donors (Lipinski definition) is 1. The summed E-state index contributed by atoms with van der Waals surface area (Å²) in [6, 6.07) is 0. The van der Waals surface area contributed by atoms with Gasteiger partial charge in [-0.3, -0.25) is 4.79 Å². The SMILES string of the molecule is O=C(NCCN1CCCCCC1)C1CCN(c2cncnc2N2CCOCC2)CC1. The van der Waals surface area contributed by atoms with E-state index in [0.29, 0.717) is 0 Å². The Morgan fingerprint density at radius 1 is 1.00 bits per heavy atom. The Morgan fingerprint density at radius 2 is 1.73 bits per heavy atom. The number of nitrogens with one attached hydrogen (secondary N) is 1. The van der Waals surface area contributed by atoms with Crippen molar-refractivity contribution in [3.8, 4) is 0 Å². The Labute approximate surface area is 180 Å². The maximum absolute atomic E-state index is 12.7. The van der Waals surface area contributed by atoms with Crippen LogP contribution in [0.15, 0.2) is 12.5 Å². The molecular formula is C22H36N6O2. The average Bonchev–Trinajstić information content (AvgIpc) is 3.09. The Hall–Kier alpha value is -1.93. The van der Waals surface area contributed by atoms with Gasteiger partial charge in [-0.05, 0) is 38.8 Å². The van der Waals surface area contributed by atoms with Crippen LogP contribution in [0.25, 0.3) is 0 Å². The average molecular weight is 417 g/mol. The first kappa shape index (κ1) is 21.3. The smallest absolute Gasteiger partial charge is 0.223 e. The van der Waals surface area contributed by atoms with Crippen LogP contribution in [0.1, 0.15) is 38.5 Å². The number of anilines is 2. The molecule has 3 aliphatic heterocycles. The van der Waals surface area contributed by atoms with Crippen molar-refractivity contribution in [3.05, 3.63) is 12.5 Å². The summed E-state index contributed by atoms with van der Waals surface area (Å²) < 4.78 is 5.48. The zero-order valence-electron chi connectivity index (χ0n) is 18.1. The summed E-state index contributed by atoms with van der Waals surface area (Å²) in [5.41, 5.74) is 1.08. The first-order valence-corrected chi connectivity index (χ1v) is 11.7. The number of carbonyl (C=O) groups excluding carboxylic acids is 1. The lowest BCUT2D eigenvalue weighted by atomic mass is 9.95. The normalized spacial score (nSPS) is 22.0. The number of morpholine rings is 1.